The summed E-state index contributed by atoms with van der Waals surface area (Å²) in [5.74, 6) is -2.89. The fraction of sp³-hybridized carbons (Fsp3) is 0.818. The Labute approximate surface area is 129 Å². The Morgan fingerprint density at radius 2 is 1.65 bits per heavy atom. The molecule has 1 rings (SSSR count). The first-order chi connectivity index (χ1) is 7.06. The Hall–Kier alpha value is 0.135. The average molecular weight is 230 g/mol. The van der Waals surface area contributed by atoms with E-state index in [9.17, 15) is 9.59 Å². The SMILES string of the molecule is CCCC1CCC(C(=O)O)C(C(=O)O)C1.[H-].[H-].[Li+].[Li+]. The van der Waals surface area contributed by atoms with Crippen molar-refractivity contribution >= 4 is 11.9 Å². The van der Waals surface area contributed by atoms with E-state index >= 15 is 0 Å². The predicted molar refractivity (Wildman–Crippen MR) is 56.7 cm³/mol. The van der Waals surface area contributed by atoms with Crippen LogP contribution in [0.3, 0.4) is 0 Å². The first kappa shape index (κ1) is 19.5. The third kappa shape index (κ3) is 5.53. The molecule has 90 valence electrons. The third-order valence-electron chi connectivity index (χ3n) is 3.29. The van der Waals surface area contributed by atoms with Gasteiger partial charge in [0.1, 0.15) is 0 Å². The first-order valence-corrected chi connectivity index (χ1v) is 5.51. The summed E-state index contributed by atoms with van der Waals surface area (Å²) in [7, 11) is 0. The second kappa shape index (κ2) is 9.12. The van der Waals surface area contributed by atoms with Crippen molar-refractivity contribution < 1.29 is 60.4 Å². The van der Waals surface area contributed by atoms with E-state index in [1.165, 1.54) is 0 Å². The summed E-state index contributed by atoms with van der Waals surface area (Å²) in [6.07, 6.45) is 3.94. The van der Waals surface area contributed by atoms with Gasteiger partial charge in [-0.1, -0.05) is 19.8 Å². The van der Waals surface area contributed by atoms with Crippen LogP contribution in [0.25, 0.3) is 0 Å². The third-order valence-corrected chi connectivity index (χ3v) is 3.29. The summed E-state index contributed by atoms with van der Waals surface area (Å²) in [6, 6.07) is 0. The Kier molecular flexibility index (Phi) is 10.4. The van der Waals surface area contributed by atoms with Crippen molar-refractivity contribution in [3.63, 3.8) is 0 Å². The van der Waals surface area contributed by atoms with Crippen molar-refractivity contribution in [1.29, 1.82) is 0 Å². The molecule has 0 saturated heterocycles. The van der Waals surface area contributed by atoms with Crippen LogP contribution in [-0.2, 0) is 9.59 Å². The van der Waals surface area contributed by atoms with Gasteiger partial charge in [0.15, 0.2) is 0 Å². The molecule has 1 fully saturated rings. The van der Waals surface area contributed by atoms with Crippen LogP contribution in [0.4, 0.5) is 0 Å². The molecule has 0 radical (unpaired) electrons. The zero-order chi connectivity index (χ0) is 11.4. The maximum atomic E-state index is 11.0. The summed E-state index contributed by atoms with van der Waals surface area (Å²) in [5, 5.41) is 17.9. The van der Waals surface area contributed by atoms with Crippen molar-refractivity contribution in [2.75, 3.05) is 0 Å². The Morgan fingerprint density at radius 3 is 2.06 bits per heavy atom. The van der Waals surface area contributed by atoms with Crippen molar-refractivity contribution in [1.82, 2.24) is 0 Å². The molecule has 1 aliphatic rings. The minimum atomic E-state index is -0.961. The molecule has 0 aromatic carbocycles. The average Bonchev–Trinajstić information content (AvgIpc) is 2.17. The summed E-state index contributed by atoms with van der Waals surface area (Å²) in [5.41, 5.74) is 0. The van der Waals surface area contributed by atoms with Crippen LogP contribution < -0.4 is 37.7 Å². The van der Waals surface area contributed by atoms with Gasteiger partial charge >= 0.3 is 49.7 Å². The van der Waals surface area contributed by atoms with E-state index in [1.54, 1.807) is 0 Å². The minimum absolute atomic E-state index is 0. The van der Waals surface area contributed by atoms with E-state index < -0.39 is 23.8 Å². The number of carboxylic acids is 2. The number of carboxylic acid groups (broad SMARTS) is 2. The summed E-state index contributed by atoms with van der Waals surface area (Å²) < 4.78 is 0. The Balaban J connectivity index is -0.000000281. The van der Waals surface area contributed by atoms with Gasteiger partial charge in [-0.3, -0.25) is 9.59 Å². The van der Waals surface area contributed by atoms with E-state index in [4.69, 9.17) is 10.2 Å². The second-order valence-electron chi connectivity index (χ2n) is 4.36. The van der Waals surface area contributed by atoms with Crippen LogP contribution in [-0.4, -0.2) is 22.2 Å². The number of hydrogen-bond acceptors (Lipinski definition) is 2. The maximum Gasteiger partial charge on any atom is 1.00 e. The molecule has 3 unspecified atom stereocenters. The molecule has 0 aromatic heterocycles. The molecule has 1 saturated carbocycles. The number of hydrogen-bond donors (Lipinski definition) is 2. The van der Waals surface area contributed by atoms with Crippen molar-refractivity contribution in [3.05, 3.63) is 0 Å². The predicted octanol–water partition coefficient (Wildman–Crippen LogP) is -3.78. The summed E-state index contributed by atoms with van der Waals surface area (Å²) >= 11 is 0. The van der Waals surface area contributed by atoms with E-state index in [0.717, 1.165) is 19.3 Å². The van der Waals surface area contributed by atoms with Gasteiger partial charge in [0.2, 0.25) is 0 Å². The molecule has 0 amide bonds. The number of rotatable bonds is 4. The normalized spacial score (nSPS) is 27.5. The molecule has 1 aliphatic carbocycles. The van der Waals surface area contributed by atoms with Gasteiger partial charge in [-0.2, -0.15) is 0 Å². The zero-order valence-corrected chi connectivity index (χ0v) is 11.0. The Morgan fingerprint density at radius 1 is 1.12 bits per heavy atom. The van der Waals surface area contributed by atoms with Gasteiger partial charge in [0.05, 0.1) is 11.8 Å². The molecule has 0 heterocycles. The maximum absolute atomic E-state index is 11.0. The van der Waals surface area contributed by atoms with Crippen LogP contribution >= 0.6 is 0 Å². The van der Waals surface area contributed by atoms with Gasteiger partial charge in [0, 0.05) is 0 Å². The smallest absolute Gasteiger partial charge is 1.00 e. The van der Waals surface area contributed by atoms with Crippen molar-refractivity contribution in [3.8, 4) is 0 Å². The fourth-order valence-corrected chi connectivity index (χ4v) is 2.50. The zero-order valence-electron chi connectivity index (χ0n) is 13.0. The van der Waals surface area contributed by atoms with E-state index in [-0.39, 0.29) is 40.6 Å². The molecule has 0 aromatic rings. The largest absolute Gasteiger partial charge is 1.00 e. The molecule has 2 N–H and O–H groups in total. The molecular formula is C11H20Li2O4. The minimum Gasteiger partial charge on any atom is -1.00 e. The molecule has 3 atom stereocenters. The van der Waals surface area contributed by atoms with Gasteiger partial charge in [-0.05, 0) is 25.2 Å². The van der Waals surface area contributed by atoms with Crippen LogP contribution in [0.15, 0.2) is 0 Å². The Bertz CT molecular complexity index is 267. The van der Waals surface area contributed by atoms with Gasteiger partial charge in [-0.15, -0.1) is 0 Å². The van der Waals surface area contributed by atoms with E-state index in [2.05, 4.69) is 6.92 Å². The molecule has 0 aliphatic heterocycles. The van der Waals surface area contributed by atoms with Crippen molar-refractivity contribution in [2.45, 2.75) is 39.0 Å². The topological polar surface area (TPSA) is 74.6 Å². The van der Waals surface area contributed by atoms with Gasteiger partial charge in [0.25, 0.3) is 0 Å². The summed E-state index contributed by atoms with van der Waals surface area (Å²) in [6.45, 7) is 2.07. The molecule has 0 spiro atoms. The van der Waals surface area contributed by atoms with Gasteiger partial charge < -0.3 is 13.1 Å². The molecule has 4 nitrogen and oxygen atoms in total. The molecule has 17 heavy (non-hydrogen) atoms. The quantitative estimate of drug-likeness (QED) is 0.486. The summed E-state index contributed by atoms with van der Waals surface area (Å²) in [4.78, 5) is 21.8. The van der Waals surface area contributed by atoms with E-state index in [0.29, 0.717) is 18.8 Å². The molecule has 6 heteroatoms. The van der Waals surface area contributed by atoms with Crippen LogP contribution in [0.5, 0.6) is 0 Å². The van der Waals surface area contributed by atoms with Crippen molar-refractivity contribution in [2.24, 2.45) is 17.8 Å². The van der Waals surface area contributed by atoms with Crippen LogP contribution in [0.1, 0.15) is 41.9 Å². The monoisotopic (exact) mass is 230 g/mol. The number of aliphatic carboxylic acids is 2. The van der Waals surface area contributed by atoms with Crippen LogP contribution in [0, 0.1) is 17.8 Å². The number of carbonyl (C=O) groups is 2. The standard InChI is InChI=1S/C11H18O4.2Li.2H/c1-2-3-7-4-5-8(10(12)13)9(6-7)11(14)15;;;;/h7-9H,2-6H2,1H3,(H,12,13)(H,14,15);;;;/q;2*+1;2*-1. The molecule has 0 bridgehead atoms. The fourth-order valence-electron chi connectivity index (χ4n) is 2.50. The van der Waals surface area contributed by atoms with E-state index in [1.807, 2.05) is 0 Å². The van der Waals surface area contributed by atoms with Crippen LogP contribution in [0.2, 0.25) is 0 Å². The molecular weight excluding hydrogens is 210 g/mol. The first-order valence-electron chi connectivity index (χ1n) is 5.51. The van der Waals surface area contributed by atoms with Gasteiger partial charge in [-0.25, -0.2) is 0 Å². The second-order valence-corrected chi connectivity index (χ2v) is 4.36.